The molecule has 1 aliphatic heterocycles. The molecule has 3 N–H and O–H groups in total. The van der Waals surface area contributed by atoms with Gasteiger partial charge in [0.25, 0.3) is 0 Å². The number of benzene rings is 1. The molecule has 9 heteroatoms. The second kappa shape index (κ2) is 12.4. The maximum Gasteiger partial charge on any atom is 0.411 e. The third kappa shape index (κ3) is 7.53. The highest BCUT2D eigenvalue weighted by Crippen LogP contribution is 2.20. The molecule has 8 nitrogen and oxygen atoms in total. The summed E-state index contributed by atoms with van der Waals surface area (Å²) in [4.78, 5) is 29.3. The molecule has 156 valence electrons. The monoisotopic (exact) mass is 503 g/mol. The lowest BCUT2D eigenvalue weighted by molar-refractivity contribution is -0.121. The van der Waals surface area contributed by atoms with Gasteiger partial charge in [-0.25, -0.2) is 4.79 Å². The number of carbonyl (C=O) groups is 2. The zero-order valence-corrected chi connectivity index (χ0v) is 19.0. The van der Waals surface area contributed by atoms with Crippen LogP contribution in [-0.2, 0) is 16.1 Å². The molecule has 2 amide bonds. The largest absolute Gasteiger partial charge is 0.453 e. The number of nitrogens with one attached hydrogen (secondary N) is 3. The fraction of sp³-hybridized carbons (Fsp3) is 0.526. The Hall–Kier alpha value is -2.04. The molecular weight excluding hydrogens is 473 g/mol. The number of anilines is 1. The van der Waals surface area contributed by atoms with Gasteiger partial charge < -0.3 is 20.3 Å². The minimum absolute atomic E-state index is 0. The van der Waals surface area contributed by atoms with Crippen LogP contribution in [0.3, 0.4) is 0 Å². The molecule has 1 heterocycles. The summed E-state index contributed by atoms with van der Waals surface area (Å²) in [6.45, 7) is 2.43. The van der Waals surface area contributed by atoms with Gasteiger partial charge in [0.15, 0.2) is 5.96 Å². The topological polar surface area (TPSA) is 95.1 Å². The molecule has 0 aromatic heterocycles. The number of rotatable bonds is 5. The number of amides is 2. The summed E-state index contributed by atoms with van der Waals surface area (Å²) >= 11 is 0. The number of methoxy groups -OCH3 is 1. The van der Waals surface area contributed by atoms with E-state index in [1.165, 1.54) is 7.11 Å². The summed E-state index contributed by atoms with van der Waals surface area (Å²) in [6.07, 6.45) is 2.09. The van der Waals surface area contributed by atoms with Crippen LogP contribution in [0.4, 0.5) is 10.5 Å². The van der Waals surface area contributed by atoms with E-state index in [2.05, 4.69) is 30.6 Å². The third-order valence-electron chi connectivity index (χ3n) is 4.72. The molecule has 1 aromatic carbocycles. The SMILES string of the molecule is CN=C(NCc1ccc(NC(=O)OC)cc1)N1CCC(CC(=O)NC)CC1.I. The van der Waals surface area contributed by atoms with Gasteiger partial charge in [0, 0.05) is 45.8 Å². The quantitative estimate of drug-likeness (QED) is 0.326. The van der Waals surface area contributed by atoms with E-state index in [0.717, 1.165) is 37.5 Å². The first kappa shape index (κ1) is 24.0. The molecule has 0 saturated carbocycles. The zero-order chi connectivity index (χ0) is 19.6. The number of piperidine rings is 1. The van der Waals surface area contributed by atoms with Crippen LogP contribution in [0.25, 0.3) is 0 Å². The Morgan fingerprint density at radius 2 is 1.86 bits per heavy atom. The zero-order valence-electron chi connectivity index (χ0n) is 16.7. The molecule has 0 aliphatic carbocycles. The highest BCUT2D eigenvalue weighted by Gasteiger charge is 2.22. The number of nitrogens with zero attached hydrogens (tertiary/aromatic N) is 2. The molecule has 1 aromatic rings. The Kier molecular flexibility index (Phi) is 10.6. The number of hydrogen-bond acceptors (Lipinski definition) is 4. The van der Waals surface area contributed by atoms with Crippen molar-refractivity contribution in [3.8, 4) is 0 Å². The van der Waals surface area contributed by atoms with Crippen molar-refractivity contribution in [3.63, 3.8) is 0 Å². The summed E-state index contributed by atoms with van der Waals surface area (Å²) in [5.41, 5.74) is 1.77. The highest BCUT2D eigenvalue weighted by molar-refractivity contribution is 14.0. The van der Waals surface area contributed by atoms with Gasteiger partial charge in [0.1, 0.15) is 0 Å². The molecule has 0 spiro atoms. The Morgan fingerprint density at radius 3 is 2.39 bits per heavy atom. The maximum absolute atomic E-state index is 11.5. The summed E-state index contributed by atoms with van der Waals surface area (Å²) < 4.78 is 4.57. The predicted molar refractivity (Wildman–Crippen MR) is 121 cm³/mol. The lowest BCUT2D eigenvalue weighted by Crippen LogP contribution is -2.45. The third-order valence-corrected chi connectivity index (χ3v) is 4.72. The Labute approximate surface area is 183 Å². The van der Waals surface area contributed by atoms with E-state index in [1.54, 1.807) is 14.1 Å². The molecular formula is C19H30IN5O3. The van der Waals surface area contributed by atoms with Gasteiger partial charge in [-0.05, 0) is 36.5 Å². The second-order valence-electron chi connectivity index (χ2n) is 6.52. The Bertz CT molecular complexity index is 658. The van der Waals surface area contributed by atoms with Gasteiger partial charge in [0.05, 0.1) is 7.11 Å². The second-order valence-corrected chi connectivity index (χ2v) is 6.52. The molecule has 1 saturated heterocycles. The van der Waals surface area contributed by atoms with Crippen LogP contribution in [0.1, 0.15) is 24.8 Å². The van der Waals surface area contributed by atoms with E-state index in [1.807, 2.05) is 24.3 Å². The molecule has 0 unspecified atom stereocenters. The first-order chi connectivity index (χ1) is 13.0. The molecule has 28 heavy (non-hydrogen) atoms. The van der Waals surface area contributed by atoms with Crippen LogP contribution in [0.15, 0.2) is 29.3 Å². The molecule has 0 bridgehead atoms. The smallest absolute Gasteiger partial charge is 0.411 e. The minimum atomic E-state index is -0.485. The maximum atomic E-state index is 11.5. The van der Waals surface area contributed by atoms with E-state index in [0.29, 0.717) is 24.6 Å². The average molecular weight is 503 g/mol. The van der Waals surface area contributed by atoms with Crippen molar-refractivity contribution in [2.75, 3.05) is 39.6 Å². The number of aliphatic imine (C=N–C) groups is 1. The fourth-order valence-corrected chi connectivity index (χ4v) is 3.10. The van der Waals surface area contributed by atoms with Gasteiger partial charge in [0.2, 0.25) is 5.91 Å². The molecule has 1 aliphatic rings. The number of likely N-dealkylation sites (tertiary alicyclic amines) is 1. The van der Waals surface area contributed by atoms with Gasteiger partial charge in [-0.1, -0.05) is 12.1 Å². The van der Waals surface area contributed by atoms with Gasteiger partial charge >= 0.3 is 6.09 Å². The van der Waals surface area contributed by atoms with Crippen LogP contribution in [0, 0.1) is 5.92 Å². The van der Waals surface area contributed by atoms with Crippen LogP contribution in [0.2, 0.25) is 0 Å². The number of hydrogen-bond donors (Lipinski definition) is 3. The van der Waals surface area contributed by atoms with Crippen LogP contribution in [-0.4, -0.2) is 57.2 Å². The van der Waals surface area contributed by atoms with Crippen molar-refractivity contribution in [2.24, 2.45) is 10.9 Å². The first-order valence-corrected chi connectivity index (χ1v) is 9.15. The summed E-state index contributed by atoms with van der Waals surface area (Å²) in [7, 11) is 4.80. The Balaban J connectivity index is 0.00000392. The average Bonchev–Trinajstić information content (AvgIpc) is 2.70. The fourth-order valence-electron chi connectivity index (χ4n) is 3.10. The van der Waals surface area contributed by atoms with Crippen molar-refractivity contribution >= 4 is 47.6 Å². The number of ether oxygens (including phenoxy) is 1. The number of guanidine groups is 1. The number of carbonyl (C=O) groups excluding carboxylic acids is 2. The molecule has 1 fully saturated rings. The van der Waals surface area contributed by atoms with Crippen LogP contribution in [0.5, 0.6) is 0 Å². The van der Waals surface area contributed by atoms with Crippen molar-refractivity contribution in [1.82, 2.24) is 15.5 Å². The predicted octanol–water partition coefficient (Wildman–Crippen LogP) is 2.41. The van der Waals surface area contributed by atoms with Gasteiger partial charge in [-0.15, -0.1) is 24.0 Å². The van der Waals surface area contributed by atoms with Crippen molar-refractivity contribution < 1.29 is 14.3 Å². The summed E-state index contributed by atoms with van der Waals surface area (Å²) in [5, 5.41) is 8.70. The number of halogens is 1. The standard InChI is InChI=1S/C19H29N5O3.HI/c1-20-17(25)12-14-8-10-24(11-9-14)18(21-2)22-13-15-4-6-16(7-5-15)23-19(26)27-3;/h4-7,14H,8-13H2,1-3H3,(H,20,25)(H,21,22)(H,23,26);1H. The molecule has 0 atom stereocenters. The highest BCUT2D eigenvalue weighted by atomic mass is 127. The van der Waals surface area contributed by atoms with Crippen molar-refractivity contribution in [3.05, 3.63) is 29.8 Å². The van der Waals surface area contributed by atoms with Crippen LogP contribution >= 0.6 is 24.0 Å². The lowest BCUT2D eigenvalue weighted by Gasteiger charge is -2.34. The van der Waals surface area contributed by atoms with E-state index in [9.17, 15) is 9.59 Å². The molecule has 2 rings (SSSR count). The van der Waals surface area contributed by atoms with E-state index < -0.39 is 6.09 Å². The van der Waals surface area contributed by atoms with E-state index >= 15 is 0 Å². The van der Waals surface area contributed by atoms with Crippen LogP contribution < -0.4 is 16.0 Å². The normalized spacial score (nSPS) is 14.7. The van der Waals surface area contributed by atoms with E-state index in [-0.39, 0.29) is 29.9 Å². The van der Waals surface area contributed by atoms with E-state index in [4.69, 9.17) is 0 Å². The van der Waals surface area contributed by atoms with Gasteiger partial charge in [-0.2, -0.15) is 0 Å². The Morgan fingerprint density at radius 1 is 1.21 bits per heavy atom. The summed E-state index contributed by atoms with van der Waals surface area (Å²) in [6, 6.07) is 7.56. The lowest BCUT2D eigenvalue weighted by atomic mass is 9.93. The van der Waals surface area contributed by atoms with Gasteiger partial charge in [-0.3, -0.25) is 15.1 Å². The van der Waals surface area contributed by atoms with Crippen molar-refractivity contribution in [1.29, 1.82) is 0 Å². The minimum Gasteiger partial charge on any atom is -0.453 e. The molecule has 0 radical (unpaired) electrons. The van der Waals surface area contributed by atoms with Crippen molar-refractivity contribution in [2.45, 2.75) is 25.8 Å². The summed E-state index contributed by atoms with van der Waals surface area (Å²) in [5.74, 6) is 1.42. The first-order valence-electron chi connectivity index (χ1n) is 9.15.